The summed E-state index contributed by atoms with van der Waals surface area (Å²) in [4.78, 5) is 0. The summed E-state index contributed by atoms with van der Waals surface area (Å²) in [7, 11) is 0. The summed E-state index contributed by atoms with van der Waals surface area (Å²) in [6.07, 6.45) is 1.99. The molecule has 0 aromatic heterocycles. The first kappa shape index (κ1) is 16.2. The van der Waals surface area contributed by atoms with E-state index < -0.39 is 0 Å². The van der Waals surface area contributed by atoms with E-state index >= 15 is 0 Å². The third-order valence-corrected chi connectivity index (χ3v) is 3.49. The van der Waals surface area contributed by atoms with Crippen molar-refractivity contribution in [1.29, 1.82) is 0 Å². The van der Waals surface area contributed by atoms with Crippen molar-refractivity contribution in [2.45, 2.75) is 40.5 Å². The van der Waals surface area contributed by atoms with Crippen molar-refractivity contribution >= 4 is 11.4 Å². The van der Waals surface area contributed by atoms with Gasteiger partial charge >= 0.3 is 0 Å². The number of nitrogens with one attached hydrogen (secondary N) is 1. The fourth-order valence-electron chi connectivity index (χ4n) is 1.66. The van der Waals surface area contributed by atoms with Gasteiger partial charge in [-0.15, -0.1) is 0 Å². The summed E-state index contributed by atoms with van der Waals surface area (Å²) in [5.41, 5.74) is 12.5. The number of hydrogen-bond acceptors (Lipinski definition) is 3. The minimum Gasteiger partial charge on any atom is -0.402 e. The third-order valence-electron chi connectivity index (χ3n) is 3.49. The summed E-state index contributed by atoms with van der Waals surface area (Å²) < 4.78 is 12.8. The van der Waals surface area contributed by atoms with Gasteiger partial charge in [0.1, 0.15) is 5.82 Å². The Morgan fingerprint density at radius 2 is 1.90 bits per heavy atom. The van der Waals surface area contributed by atoms with Crippen LogP contribution in [0.5, 0.6) is 0 Å². The lowest BCUT2D eigenvalue weighted by Crippen LogP contribution is -2.11. The normalized spacial score (nSPS) is 14.8. The smallest absolute Gasteiger partial charge is 0.123 e. The van der Waals surface area contributed by atoms with Crippen LogP contribution in [0.1, 0.15) is 40.5 Å². The van der Waals surface area contributed by atoms with E-state index in [0.717, 1.165) is 35.5 Å². The Balaban J connectivity index is 2.72. The van der Waals surface area contributed by atoms with Crippen LogP contribution in [0.15, 0.2) is 40.6 Å². The largest absolute Gasteiger partial charge is 0.402 e. The van der Waals surface area contributed by atoms with Crippen molar-refractivity contribution in [3.8, 4) is 0 Å². The molecule has 1 aromatic rings. The quantitative estimate of drug-likeness (QED) is 0.602. The van der Waals surface area contributed by atoms with Crippen LogP contribution in [-0.4, -0.2) is 5.71 Å². The van der Waals surface area contributed by atoms with Crippen LogP contribution in [0.3, 0.4) is 0 Å². The summed E-state index contributed by atoms with van der Waals surface area (Å²) in [6.45, 7) is 8.23. The molecule has 1 aromatic carbocycles. The lowest BCUT2D eigenvalue weighted by Gasteiger charge is -2.12. The molecule has 0 saturated carbocycles. The summed E-state index contributed by atoms with van der Waals surface area (Å²) in [5.74, 6) is 0.313. The average Bonchev–Trinajstić information content (AvgIpc) is 2.45. The molecule has 3 N–H and O–H groups in total. The Hall–Kier alpha value is -1.84. The number of hydrogen-bond donors (Lipinski definition) is 2. The molecule has 0 fully saturated rings. The Labute approximate surface area is 120 Å². The third kappa shape index (κ3) is 5.03. The number of halogens is 1. The van der Waals surface area contributed by atoms with Gasteiger partial charge in [0.2, 0.25) is 0 Å². The minimum absolute atomic E-state index is 0.259. The number of anilines is 1. The van der Waals surface area contributed by atoms with Crippen LogP contribution >= 0.6 is 0 Å². The Kier molecular flexibility index (Phi) is 6.22. The lowest BCUT2D eigenvalue weighted by atomic mass is 9.99. The second-order valence-corrected chi connectivity index (χ2v) is 5.18. The maximum absolute atomic E-state index is 12.8. The molecule has 0 saturated heterocycles. The van der Waals surface area contributed by atoms with Gasteiger partial charge in [-0.3, -0.25) is 5.43 Å². The molecule has 1 rings (SSSR count). The van der Waals surface area contributed by atoms with Crippen LogP contribution in [0.4, 0.5) is 10.1 Å². The summed E-state index contributed by atoms with van der Waals surface area (Å²) in [6, 6.07) is 6.09. The highest BCUT2D eigenvalue weighted by atomic mass is 19.1. The van der Waals surface area contributed by atoms with Crippen LogP contribution in [0.25, 0.3) is 0 Å². The number of rotatable bonds is 6. The monoisotopic (exact) mass is 277 g/mol. The molecule has 4 heteroatoms. The molecule has 0 spiro atoms. The van der Waals surface area contributed by atoms with Crippen LogP contribution in [0, 0.1) is 11.7 Å². The van der Waals surface area contributed by atoms with Gasteiger partial charge in [-0.1, -0.05) is 20.3 Å². The highest BCUT2D eigenvalue weighted by Gasteiger charge is 2.06. The van der Waals surface area contributed by atoms with Gasteiger partial charge in [0.25, 0.3) is 0 Å². The first-order valence-corrected chi connectivity index (χ1v) is 6.95. The SMILES string of the molecule is CCC(C)CC(N)=C(C)C(C)=NNc1ccc(F)cc1. The molecule has 20 heavy (non-hydrogen) atoms. The molecular formula is C16H24FN3. The molecule has 110 valence electrons. The van der Waals surface area contributed by atoms with Crippen molar-refractivity contribution in [1.82, 2.24) is 0 Å². The Morgan fingerprint density at radius 3 is 2.45 bits per heavy atom. The molecule has 0 amide bonds. The molecular weight excluding hydrogens is 253 g/mol. The van der Waals surface area contributed by atoms with Gasteiger partial charge in [0.05, 0.1) is 11.4 Å². The number of benzene rings is 1. The molecule has 0 bridgehead atoms. The number of nitrogens with two attached hydrogens (primary N) is 1. The highest BCUT2D eigenvalue weighted by Crippen LogP contribution is 2.15. The van der Waals surface area contributed by atoms with E-state index in [0.29, 0.717) is 5.92 Å². The standard InChI is InChI=1S/C16H24FN3/c1-5-11(2)10-16(18)12(3)13(4)19-20-15-8-6-14(17)7-9-15/h6-9,11,20H,5,10,18H2,1-4H3. The summed E-state index contributed by atoms with van der Waals surface area (Å²) >= 11 is 0. The molecule has 0 radical (unpaired) electrons. The first-order chi connectivity index (χ1) is 9.43. The van der Waals surface area contributed by atoms with Crippen molar-refractivity contribution < 1.29 is 4.39 Å². The molecule has 0 heterocycles. The lowest BCUT2D eigenvalue weighted by molar-refractivity contribution is 0.553. The topological polar surface area (TPSA) is 50.4 Å². The van der Waals surface area contributed by atoms with E-state index in [1.807, 2.05) is 13.8 Å². The van der Waals surface area contributed by atoms with E-state index in [4.69, 9.17) is 5.73 Å². The van der Waals surface area contributed by atoms with Gasteiger partial charge in [-0.2, -0.15) is 5.10 Å². The van der Waals surface area contributed by atoms with Gasteiger partial charge < -0.3 is 5.73 Å². The predicted molar refractivity (Wildman–Crippen MR) is 84.1 cm³/mol. The van der Waals surface area contributed by atoms with E-state index in [1.165, 1.54) is 12.1 Å². The summed E-state index contributed by atoms with van der Waals surface area (Å²) in [5, 5.41) is 4.28. The van der Waals surface area contributed by atoms with E-state index in [1.54, 1.807) is 12.1 Å². The number of hydrazone groups is 1. The first-order valence-electron chi connectivity index (χ1n) is 6.95. The van der Waals surface area contributed by atoms with Crippen molar-refractivity contribution in [3.63, 3.8) is 0 Å². The van der Waals surface area contributed by atoms with E-state index in [2.05, 4.69) is 24.4 Å². The van der Waals surface area contributed by atoms with Crippen molar-refractivity contribution in [2.75, 3.05) is 5.43 Å². The Morgan fingerprint density at radius 1 is 1.30 bits per heavy atom. The number of allylic oxidation sites excluding steroid dienone is 2. The molecule has 1 atom stereocenters. The van der Waals surface area contributed by atoms with E-state index in [9.17, 15) is 4.39 Å². The highest BCUT2D eigenvalue weighted by molar-refractivity contribution is 5.98. The van der Waals surface area contributed by atoms with Crippen LogP contribution in [-0.2, 0) is 0 Å². The molecule has 0 aliphatic carbocycles. The maximum atomic E-state index is 12.8. The minimum atomic E-state index is -0.259. The zero-order chi connectivity index (χ0) is 15.1. The fourth-order valence-corrected chi connectivity index (χ4v) is 1.66. The number of nitrogens with zero attached hydrogens (tertiary/aromatic N) is 1. The predicted octanol–water partition coefficient (Wildman–Crippen LogP) is 4.28. The van der Waals surface area contributed by atoms with E-state index in [-0.39, 0.29) is 5.82 Å². The van der Waals surface area contributed by atoms with Crippen LogP contribution in [0.2, 0.25) is 0 Å². The van der Waals surface area contributed by atoms with Crippen molar-refractivity contribution in [3.05, 3.63) is 41.4 Å². The molecule has 1 unspecified atom stereocenters. The maximum Gasteiger partial charge on any atom is 0.123 e. The second-order valence-electron chi connectivity index (χ2n) is 5.18. The van der Waals surface area contributed by atoms with Gasteiger partial charge in [0.15, 0.2) is 0 Å². The zero-order valence-corrected chi connectivity index (χ0v) is 12.7. The second kappa shape index (κ2) is 7.68. The van der Waals surface area contributed by atoms with Gasteiger partial charge in [-0.25, -0.2) is 4.39 Å². The molecule has 0 aliphatic heterocycles. The average molecular weight is 277 g/mol. The molecule has 0 aliphatic rings. The van der Waals surface area contributed by atoms with Gasteiger partial charge in [-0.05, 0) is 56.0 Å². The Bertz CT molecular complexity index is 489. The fraction of sp³-hybridized carbons (Fsp3) is 0.438. The van der Waals surface area contributed by atoms with Gasteiger partial charge in [0, 0.05) is 5.70 Å². The molecule has 3 nitrogen and oxygen atoms in total. The zero-order valence-electron chi connectivity index (χ0n) is 12.7. The van der Waals surface area contributed by atoms with Crippen LogP contribution < -0.4 is 11.2 Å². The van der Waals surface area contributed by atoms with Crippen molar-refractivity contribution in [2.24, 2.45) is 16.8 Å².